The van der Waals surface area contributed by atoms with E-state index in [9.17, 15) is 0 Å². The van der Waals surface area contributed by atoms with Gasteiger partial charge in [0.25, 0.3) is 0 Å². The Kier molecular flexibility index (Phi) is 3.32. The van der Waals surface area contributed by atoms with Gasteiger partial charge in [-0.05, 0) is 12.8 Å². The third-order valence-electron chi connectivity index (χ3n) is 3.62. The van der Waals surface area contributed by atoms with Crippen LogP contribution in [0.3, 0.4) is 0 Å². The Morgan fingerprint density at radius 1 is 1.44 bits per heavy atom. The molecule has 3 aliphatic rings. The van der Waals surface area contributed by atoms with E-state index >= 15 is 0 Å². The number of hydrogen-bond acceptors (Lipinski definition) is 5. The molecule has 0 amide bonds. The van der Waals surface area contributed by atoms with E-state index in [0.717, 1.165) is 44.8 Å². The highest BCUT2D eigenvalue weighted by Crippen LogP contribution is 2.28. The molecular weight excluding hydrogens is 228 g/mol. The highest BCUT2D eigenvalue weighted by atomic mass is 16.5. The van der Waals surface area contributed by atoms with Crippen LogP contribution in [0, 0.1) is 5.92 Å². The molecule has 3 heterocycles. The quantitative estimate of drug-likeness (QED) is 0.767. The van der Waals surface area contributed by atoms with Crippen molar-refractivity contribution in [1.29, 1.82) is 0 Å². The first-order valence-electron chi connectivity index (χ1n) is 6.79. The van der Waals surface area contributed by atoms with Gasteiger partial charge in [-0.2, -0.15) is 5.11 Å². The molecule has 5 heteroatoms. The first kappa shape index (κ1) is 11.7. The molecule has 0 aromatic rings. The summed E-state index contributed by atoms with van der Waals surface area (Å²) in [5.41, 5.74) is 0. The van der Waals surface area contributed by atoms with Gasteiger partial charge in [-0.25, -0.2) is 0 Å². The van der Waals surface area contributed by atoms with Gasteiger partial charge in [0, 0.05) is 37.7 Å². The maximum absolute atomic E-state index is 5.41. The molecule has 0 spiro atoms. The highest BCUT2D eigenvalue weighted by molar-refractivity contribution is 5.14. The van der Waals surface area contributed by atoms with Gasteiger partial charge in [0.2, 0.25) is 0 Å². The Labute approximate surface area is 108 Å². The molecular formula is C13H20N4O. The number of rotatable bonds is 4. The maximum atomic E-state index is 5.41. The van der Waals surface area contributed by atoms with Gasteiger partial charge in [0.05, 0.1) is 6.61 Å². The fourth-order valence-corrected chi connectivity index (χ4v) is 2.60. The molecule has 98 valence electrons. The predicted molar refractivity (Wildman–Crippen MR) is 68.2 cm³/mol. The minimum atomic E-state index is 0.203. The Morgan fingerprint density at radius 3 is 3.17 bits per heavy atom. The normalized spacial score (nSPS) is 29.9. The Bertz CT molecular complexity index is 384. The standard InChI is InChI=1S/C13H20N4O/c1-2-3-12-14-15-13-9-16(5-6-17(12)13)8-11-4-7-18-10-11/h5-6,9,11-12H,2-4,7-8,10H2,1H3. The third-order valence-corrected chi connectivity index (χ3v) is 3.62. The molecule has 3 aliphatic heterocycles. The first-order chi connectivity index (χ1) is 8.86. The zero-order chi connectivity index (χ0) is 12.4. The van der Waals surface area contributed by atoms with Gasteiger partial charge in [-0.15, -0.1) is 5.11 Å². The molecule has 0 bridgehead atoms. The van der Waals surface area contributed by atoms with Gasteiger partial charge in [-0.3, -0.25) is 0 Å². The van der Waals surface area contributed by atoms with E-state index in [1.54, 1.807) is 0 Å². The second-order valence-corrected chi connectivity index (χ2v) is 5.10. The summed E-state index contributed by atoms with van der Waals surface area (Å²) in [5, 5.41) is 8.59. The van der Waals surface area contributed by atoms with Gasteiger partial charge in [0.15, 0.2) is 5.82 Å². The van der Waals surface area contributed by atoms with E-state index in [0.29, 0.717) is 5.92 Å². The number of azo groups is 1. The van der Waals surface area contributed by atoms with E-state index in [1.165, 1.54) is 0 Å². The summed E-state index contributed by atoms with van der Waals surface area (Å²) in [5.74, 6) is 1.61. The molecule has 1 saturated heterocycles. The zero-order valence-corrected chi connectivity index (χ0v) is 10.8. The molecule has 0 aliphatic carbocycles. The minimum absolute atomic E-state index is 0.203. The average Bonchev–Trinajstić information content (AvgIpc) is 3.00. The van der Waals surface area contributed by atoms with Gasteiger partial charge < -0.3 is 14.5 Å². The van der Waals surface area contributed by atoms with Crippen molar-refractivity contribution < 1.29 is 4.74 Å². The van der Waals surface area contributed by atoms with Crippen LogP contribution in [0.5, 0.6) is 0 Å². The largest absolute Gasteiger partial charge is 0.381 e. The average molecular weight is 248 g/mol. The topological polar surface area (TPSA) is 40.4 Å². The van der Waals surface area contributed by atoms with Crippen molar-refractivity contribution in [2.24, 2.45) is 16.1 Å². The summed E-state index contributed by atoms with van der Waals surface area (Å²) >= 11 is 0. The second-order valence-electron chi connectivity index (χ2n) is 5.10. The molecule has 1 fully saturated rings. The van der Waals surface area contributed by atoms with Crippen molar-refractivity contribution in [2.45, 2.75) is 32.4 Å². The van der Waals surface area contributed by atoms with Gasteiger partial charge in [-0.1, -0.05) is 13.3 Å². The molecule has 0 saturated carbocycles. The molecule has 0 N–H and O–H groups in total. The number of ether oxygens (including phenoxy) is 1. The fraction of sp³-hybridized carbons (Fsp3) is 0.692. The zero-order valence-electron chi connectivity index (χ0n) is 10.8. The fourth-order valence-electron chi connectivity index (χ4n) is 2.60. The van der Waals surface area contributed by atoms with Crippen molar-refractivity contribution >= 4 is 0 Å². The van der Waals surface area contributed by atoms with Crippen LogP contribution in [0.2, 0.25) is 0 Å². The van der Waals surface area contributed by atoms with E-state index in [2.05, 4.69) is 45.6 Å². The molecule has 18 heavy (non-hydrogen) atoms. The smallest absolute Gasteiger partial charge is 0.173 e. The van der Waals surface area contributed by atoms with Crippen LogP contribution < -0.4 is 0 Å². The lowest BCUT2D eigenvalue weighted by molar-refractivity contribution is 0.180. The molecule has 2 unspecified atom stereocenters. The van der Waals surface area contributed by atoms with Crippen LogP contribution in [0.15, 0.2) is 34.6 Å². The van der Waals surface area contributed by atoms with Crippen LogP contribution in [-0.2, 0) is 4.74 Å². The van der Waals surface area contributed by atoms with Gasteiger partial charge in [0.1, 0.15) is 6.17 Å². The molecule has 0 aromatic carbocycles. The molecule has 5 nitrogen and oxygen atoms in total. The SMILES string of the molecule is CCCC1N=NC2=CN(CC3CCOC3)C=CN21. The maximum Gasteiger partial charge on any atom is 0.173 e. The van der Waals surface area contributed by atoms with Crippen molar-refractivity contribution in [1.82, 2.24) is 9.80 Å². The lowest BCUT2D eigenvalue weighted by atomic mass is 10.1. The van der Waals surface area contributed by atoms with Crippen molar-refractivity contribution in [3.63, 3.8) is 0 Å². The Morgan fingerprint density at radius 2 is 2.39 bits per heavy atom. The summed E-state index contributed by atoms with van der Waals surface area (Å²) < 4.78 is 5.41. The van der Waals surface area contributed by atoms with Crippen LogP contribution in [-0.4, -0.2) is 35.7 Å². The predicted octanol–water partition coefficient (Wildman–Crippen LogP) is 2.50. The first-order valence-corrected chi connectivity index (χ1v) is 6.79. The van der Waals surface area contributed by atoms with Crippen LogP contribution in [0.4, 0.5) is 0 Å². The van der Waals surface area contributed by atoms with E-state index < -0.39 is 0 Å². The second kappa shape index (κ2) is 5.10. The Hall–Kier alpha value is -1.36. The van der Waals surface area contributed by atoms with Crippen LogP contribution >= 0.6 is 0 Å². The highest BCUT2D eigenvalue weighted by Gasteiger charge is 2.27. The van der Waals surface area contributed by atoms with E-state index in [-0.39, 0.29) is 6.17 Å². The lowest BCUT2D eigenvalue weighted by Crippen LogP contribution is -2.30. The minimum Gasteiger partial charge on any atom is -0.381 e. The third kappa shape index (κ3) is 2.27. The summed E-state index contributed by atoms with van der Waals surface area (Å²) in [6.45, 7) is 4.99. The van der Waals surface area contributed by atoms with Crippen LogP contribution in [0.25, 0.3) is 0 Å². The van der Waals surface area contributed by atoms with Crippen molar-refractivity contribution in [2.75, 3.05) is 19.8 Å². The number of fused-ring (bicyclic) bond motifs is 1. The molecule has 3 rings (SSSR count). The van der Waals surface area contributed by atoms with E-state index in [1.807, 2.05) is 0 Å². The monoisotopic (exact) mass is 248 g/mol. The van der Waals surface area contributed by atoms with Crippen molar-refractivity contribution in [3.8, 4) is 0 Å². The van der Waals surface area contributed by atoms with E-state index in [4.69, 9.17) is 4.74 Å². The summed E-state index contributed by atoms with van der Waals surface area (Å²) in [6.07, 6.45) is 9.88. The molecule has 2 atom stereocenters. The Balaban J connectivity index is 1.62. The number of hydrogen-bond donors (Lipinski definition) is 0. The number of nitrogens with zero attached hydrogens (tertiary/aromatic N) is 4. The summed E-state index contributed by atoms with van der Waals surface area (Å²) in [4.78, 5) is 4.36. The van der Waals surface area contributed by atoms with Crippen LogP contribution in [0.1, 0.15) is 26.2 Å². The lowest BCUT2D eigenvalue weighted by Gasteiger charge is -2.28. The van der Waals surface area contributed by atoms with Crippen molar-refractivity contribution in [3.05, 3.63) is 24.4 Å². The molecule has 0 aromatic heterocycles. The summed E-state index contributed by atoms with van der Waals surface area (Å²) in [7, 11) is 0. The van der Waals surface area contributed by atoms with Gasteiger partial charge >= 0.3 is 0 Å². The summed E-state index contributed by atoms with van der Waals surface area (Å²) in [6, 6.07) is 0. The molecule has 0 radical (unpaired) electrons.